The Morgan fingerprint density at radius 3 is 0.818 bits per heavy atom. The highest BCUT2D eigenvalue weighted by atomic mass is 16.6. The van der Waals surface area contributed by atoms with Crippen LogP contribution in [0.4, 0.5) is 0 Å². The van der Waals surface area contributed by atoms with Crippen LogP contribution in [-0.4, -0.2) is 37.2 Å². The fourth-order valence-corrected chi connectivity index (χ4v) is 9.44. The van der Waals surface area contributed by atoms with Gasteiger partial charge in [-0.3, -0.25) is 14.4 Å². The van der Waals surface area contributed by atoms with Crippen molar-refractivity contribution in [1.29, 1.82) is 0 Å². The van der Waals surface area contributed by atoms with Gasteiger partial charge in [0.25, 0.3) is 0 Å². The van der Waals surface area contributed by atoms with Crippen LogP contribution >= 0.6 is 0 Å². The van der Waals surface area contributed by atoms with Gasteiger partial charge in [-0.15, -0.1) is 0 Å². The highest BCUT2D eigenvalue weighted by Gasteiger charge is 2.19. The van der Waals surface area contributed by atoms with E-state index < -0.39 is 6.10 Å². The molecular weight excluding hydrogens is 949 g/mol. The van der Waals surface area contributed by atoms with Crippen LogP contribution in [0, 0.1) is 0 Å². The molecule has 0 aromatic rings. The first-order valence-corrected chi connectivity index (χ1v) is 33.1. The maximum absolute atomic E-state index is 12.9. The van der Waals surface area contributed by atoms with Gasteiger partial charge in [-0.25, -0.2) is 0 Å². The Bertz CT molecular complexity index is 1470. The zero-order valence-corrected chi connectivity index (χ0v) is 51.0. The predicted molar refractivity (Wildman–Crippen MR) is 334 cm³/mol. The topological polar surface area (TPSA) is 78.9 Å². The summed E-state index contributed by atoms with van der Waals surface area (Å²) in [6.07, 6.45) is 85.9. The van der Waals surface area contributed by atoms with E-state index in [2.05, 4.69) is 106 Å². The van der Waals surface area contributed by atoms with E-state index >= 15 is 0 Å². The molecule has 0 fully saturated rings. The van der Waals surface area contributed by atoms with E-state index in [1.165, 1.54) is 173 Å². The molecule has 0 aromatic heterocycles. The molecule has 0 N–H and O–H groups in total. The van der Waals surface area contributed by atoms with Crippen LogP contribution in [-0.2, 0) is 28.6 Å². The summed E-state index contributed by atoms with van der Waals surface area (Å²) in [5.41, 5.74) is 0. The lowest BCUT2D eigenvalue weighted by Gasteiger charge is -2.18. The predicted octanol–water partition coefficient (Wildman–Crippen LogP) is 22.7. The number of allylic oxidation sites excluding steroid dienone is 14. The minimum Gasteiger partial charge on any atom is -0.462 e. The van der Waals surface area contributed by atoms with Gasteiger partial charge in [0.05, 0.1) is 0 Å². The van der Waals surface area contributed by atoms with Crippen LogP contribution < -0.4 is 0 Å². The monoisotopic (exact) mass is 1070 g/mol. The maximum Gasteiger partial charge on any atom is 0.306 e. The molecule has 0 spiro atoms. The quantitative estimate of drug-likeness (QED) is 0.0261. The smallest absolute Gasteiger partial charge is 0.306 e. The van der Waals surface area contributed by atoms with Crippen molar-refractivity contribution < 1.29 is 28.6 Å². The van der Waals surface area contributed by atoms with E-state index in [0.717, 1.165) is 116 Å². The van der Waals surface area contributed by atoms with Gasteiger partial charge in [0, 0.05) is 19.3 Å². The summed E-state index contributed by atoms with van der Waals surface area (Å²) in [4.78, 5) is 38.4. The highest BCUT2D eigenvalue weighted by molar-refractivity contribution is 5.71. The Hall–Kier alpha value is -3.41. The first-order chi connectivity index (χ1) is 38.0. The van der Waals surface area contributed by atoms with Crippen LogP contribution in [0.2, 0.25) is 0 Å². The molecule has 6 heteroatoms. The van der Waals surface area contributed by atoms with Crippen molar-refractivity contribution in [3.05, 3.63) is 85.1 Å². The number of rotatable bonds is 60. The molecule has 1 atom stereocenters. The Morgan fingerprint density at radius 1 is 0.273 bits per heavy atom. The van der Waals surface area contributed by atoms with Crippen molar-refractivity contribution in [3.63, 3.8) is 0 Å². The molecule has 444 valence electrons. The van der Waals surface area contributed by atoms with Gasteiger partial charge in [-0.1, -0.05) is 298 Å². The van der Waals surface area contributed by atoms with Crippen LogP contribution in [0.1, 0.15) is 329 Å². The standard InChI is InChI=1S/C71H124O6/c1-4-7-10-13-16-19-22-25-28-30-32-34-35-37-38-40-43-46-49-52-55-58-61-64-70(73)76-67-68(66-75-69(72)63-60-57-54-51-48-45-42-27-24-21-18-15-12-9-6-3)77-71(74)65-62-59-56-53-50-47-44-41-39-36-33-31-29-26-23-20-17-14-11-8-5-2/h7,10,16,18-19,21,25,27-28,32,34,37-38,42,68H,4-6,8-9,11-15,17,20,22-24,26,29-31,33,35-36,39-41,43-67H2,1-3H3/b10-7-,19-16-,21-18-,28-25-,34-32-,38-37-,42-27-. The molecule has 0 rings (SSSR count). The molecule has 0 saturated carbocycles. The number of unbranched alkanes of at least 4 members (excludes halogenated alkanes) is 35. The fraction of sp³-hybridized carbons (Fsp3) is 0.761. The van der Waals surface area contributed by atoms with E-state index in [4.69, 9.17) is 14.2 Å². The zero-order valence-electron chi connectivity index (χ0n) is 51.0. The second kappa shape index (κ2) is 65.1. The molecule has 0 aliphatic rings. The molecule has 77 heavy (non-hydrogen) atoms. The number of hydrogen-bond acceptors (Lipinski definition) is 6. The second-order valence-electron chi connectivity index (χ2n) is 22.0. The van der Waals surface area contributed by atoms with E-state index in [0.29, 0.717) is 19.3 Å². The second-order valence-corrected chi connectivity index (χ2v) is 22.0. The molecule has 0 bridgehead atoms. The van der Waals surface area contributed by atoms with Crippen LogP contribution in [0.5, 0.6) is 0 Å². The third-order valence-corrected chi connectivity index (χ3v) is 14.4. The van der Waals surface area contributed by atoms with Gasteiger partial charge < -0.3 is 14.2 Å². The highest BCUT2D eigenvalue weighted by Crippen LogP contribution is 2.17. The lowest BCUT2D eigenvalue weighted by molar-refractivity contribution is -0.167. The summed E-state index contributed by atoms with van der Waals surface area (Å²) in [7, 11) is 0. The molecule has 0 aliphatic heterocycles. The first-order valence-electron chi connectivity index (χ1n) is 33.1. The first kappa shape index (κ1) is 73.6. The summed E-state index contributed by atoms with van der Waals surface area (Å²) in [5.74, 6) is -0.892. The van der Waals surface area contributed by atoms with Crippen molar-refractivity contribution in [1.82, 2.24) is 0 Å². The maximum atomic E-state index is 12.9. The molecule has 6 nitrogen and oxygen atoms in total. The van der Waals surface area contributed by atoms with Crippen LogP contribution in [0.15, 0.2) is 85.1 Å². The number of esters is 3. The Balaban J connectivity index is 4.37. The molecular formula is C71H124O6. The molecule has 0 amide bonds. The molecule has 0 radical (unpaired) electrons. The summed E-state index contributed by atoms with van der Waals surface area (Å²) in [6.45, 7) is 6.52. The Kier molecular flexibility index (Phi) is 62.2. The van der Waals surface area contributed by atoms with Gasteiger partial charge in [0.15, 0.2) is 6.10 Å². The van der Waals surface area contributed by atoms with Crippen LogP contribution in [0.3, 0.4) is 0 Å². The van der Waals surface area contributed by atoms with Crippen molar-refractivity contribution in [2.75, 3.05) is 13.2 Å². The van der Waals surface area contributed by atoms with Gasteiger partial charge in [-0.05, 0) is 96.3 Å². The average Bonchev–Trinajstić information content (AvgIpc) is 3.43. The number of carbonyl (C=O) groups is 3. The summed E-state index contributed by atoms with van der Waals surface area (Å²) >= 11 is 0. The van der Waals surface area contributed by atoms with Crippen molar-refractivity contribution in [3.8, 4) is 0 Å². The SMILES string of the molecule is CC/C=C\C/C=C\C/C=C\C/C=C\C/C=C\CCCCCCCCCC(=O)OCC(COC(=O)CCCCCCC/C=C\C/C=C\CCCCC)OC(=O)CCCCCCCCCCCCCCCCCCCCCCC. The minimum absolute atomic E-state index is 0.0846. The molecule has 0 aromatic carbocycles. The Morgan fingerprint density at radius 2 is 0.506 bits per heavy atom. The molecule has 0 aliphatic carbocycles. The molecule has 0 saturated heterocycles. The fourth-order valence-electron chi connectivity index (χ4n) is 9.44. The number of ether oxygens (including phenoxy) is 3. The van der Waals surface area contributed by atoms with E-state index in [1.807, 2.05) is 0 Å². The van der Waals surface area contributed by atoms with E-state index in [-0.39, 0.29) is 31.1 Å². The summed E-state index contributed by atoms with van der Waals surface area (Å²) in [5, 5.41) is 0. The van der Waals surface area contributed by atoms with Gasteiger partial charge in [0.1, 0.15) is 13.2 Å². The van der Waals surface area contributed by atoms with Crippen LogP contribution in [0.25, 0.3) is 0 Å². The Labute approximate surface area is 477 Å². The minimum atomic E-state index is -0.787. The lowest BCUT2D eigenvalue weighted by atomic mass is 10.0. The number of carbonyl (C=O) groups excluding carboxylic acids is 3. The van der Waals surface area contributed by atoms with Gasteiger partial charge in [-0.2, -0.15) is 0 Å². The number of hydrogen-bond donors (Lipinski definition) is 0. The van der Waals surface area contributed by atoms with Gasteiger partial charge >= 0.3 is 17.9 Å². The van der Waals surface area contributed by atoms with E-state index in [1.54, 1.807) is 0 Å². The van der Waals surface area contributed by atoms with E-state index in [9.17, 15) is 14.4 Å². The molecule has 0 heterocycles. The largest absolute Gasteiger partial charge is 0.462 e. The van der Waals surface area contributed by atoms with Crippen molar-refractivity contribution in [2.45, 2.75) is 335 Å². The summed E-state index contributed by atoms with van der Waals surface area (Å²) in [6, 6.07) is 0. The third-order valence-electron chi connectivity index (χ3n) is 14.4. The third kappa shape index (κ3) is 63.3. The normalized spacial score (nSPS) is 12.6. The van der Waals surface area contributed by atoms with Crippen molar-refractivity contribution >= 4 is 17.9 Å². The van der Waals surface area contributed by atoms with Gasteiger partial charge in [0.2, 0.25) is 0 Å². The van der Waals surface area contributed by atoms with Crippen molar-refractivity contribution in [2.24, 2.45) is 0 Å². The zero-order chi connectivity index (χ0) is 55.7. The average molecular weight is 1070 g/mol. The summed E-state index contributed by atoms with van der Waals surface area (Å²) < 4.78 is 16.9. The molecule has 1 unspecified atom stereocenters. The lowest BCUT2D eigenvalue weighted by Crippen LogP contribution is -2.30.